The number of nitrogens with one attached hydrogen (secondary N) is 1. The van der Waals surface area contributed by atoms with E-state index in [2.05, 4.69) is 15.5 Å². The van der Waals surface area contributed by atoms with Gasteiger partial charge in [-0.25, -0.2) is 31.9 Å². The van der Waals surface area contributed by atoms with Gasteiger partial charge in [-0.1, -0.05) is 30.3 Å². The summed E-state index contributed by atoms with van der Waals surface area (Å²) in [4.78, 5) is 13.4. The number of likely N-dealkylation sites (tertiary alicyclic amines) is 1. The summed E-state index contributed by atoms with van der Waals surface area (Å²) in [5.74, 6) is 0. The average molecular weight is 539 g/mol. The van der Waals surface area contributed by atoms with Crippen LogP contribution in [0.15, 0.2) is 64.9 Å². The number of nitrogens with zero attached hydrogens (tertiary/aromatic N) is 5. The van der Waals surface area contributed by atoms with E-state index in [0.29, 0.717) is 13.1 Å². The fourth-order valence-electron chi connectivity index (χ4n) is 3.39. The van der Waals surface area contributed by atoms with Crippen molar-refractivity contribution in [3.05, 3.63) is 60.4 Å². The second-order valence-corrected chi connectivity index (χ2v) is 11.3. The minimum absolute atomic E-state index is 0.0700. The van der Waals surface area contributed by atoms with Crippen molar-refractivity contribution in [2.24, 2.45) is 10.3 Å². The highest BCUT2D eigenvalue weighted by atomic mass is 32.2. The molecule has 36 heavy (non-hydrogen) atoms. The predicted molar refractivity (Wildman–Crippen MR) is 126 cm³/mol. The van der Waals surface area contributed by atoms with Gasteiger partial charge in [0.15, 0.2) is 10.1 Å². The molecule has 5 N–H and O–H groups in total. The molecule has 0 saturated carbocycles. The van der Waals surface area contributed by atoms with Crippen LogP contribution in [0, 0.1) is 0 Å². The number of aromatic nitrogens is 4. The first-order valence-corrected chi connectivity index (χ1v) is 13.9. The number of carbonyl (C=O) groups is 1. The van der Waals surface area contributed by atoms with Crippen LogP contribution in [-0.4, -0.2) is 73.6 Å². The minimum Gasteiger partial charge on any atom is -0.445 e. The monoisotopic (exact) mass is 538 g/mol. The van der Waals surface area contributed by atoms with Crippen molar-refractivity contribution in [1.82, 2.24) is 29.8 Å². The van der Waals surface area contributed by atoms with Crippen molar-refractivity contribution in [2.45, 2.75) is 28.7 Å². The molecule has 2 saturated heterocycles. The molecule has 5 rings (SSSR count). The molecular weight excluding hydrogens is 512 g/mol. The number of amides is 1. The highest BCUT2D eigenvalue weighted by Gasteiger charge is 2.34. The van der Waals surface area contributed by atoms with Gasteiger partial charge in [0.1, 0.15) is 6.61 Å². The molecule has 0 aliphatic carbocycles. The number of sulfonamides is 2. The Kier molecular flexibility index (Phi) is 7.41. The zero-order valence-electron chi connectivity index (χ0n) is 19.0. The Morgan fingerprint density at radius 2 is 1.42 bits per heavy atom. The number of ether oxygens (including phenoxy) is 1. The normalized spacial score (nSPS) is 16.4. The van der Waals surface area contributed by atoms with Crippen LogP contribution in [-0.2, 0) is 31.4 Å². The van der Waals surface area contributed by atoms with Crippen LogP contribution in [0.3, 0.4) is 0 Å². The minimum atomic E-state index is -3.81. The predicted octanol–water partition coefficient (Wildman–Crippen LogP) is -0.601. The zero-order valence-corrected chi connectivity index (χ0v) is 20.7. The van der Waals surface area contributed by atoms with Gasteiger partial charge in [-0.15, -0.1) is 0 Å². The molecule has 14 nitrogen and oxygen atoms in total. The molecular formula is C20H26N8O6S2. The smallest absolute Gasteiger partial charge is 0.410 e. The van der Waals surface area contributed by atoms with E-state index in [1.165, 1.54) is 27.9 Å². The van der Waals surface area contributed by atoms with Crippen LogP contribution in [0.5, 0.6) is 0 Å². The summed E-state index contributed by atoms with van der Waals surface area (Å²) >= 11 is 0. The summed E-state index contributed by atoms with van der Waals surface area (Å²) in [6, 6.07) is 12.3. The van der Waals surface area contributed by atoms with Crippen LogP contribution in [0.2, 0.25) is 0 Å². The van der Waals surface area contributed by atoms with Crippen LogP contribution < -0.4 is 15.6 Å². The van der Waals surface area contributed by atoms with Crippen molar-refractivity contribution in [1.29, 1.82) is 0 Å². The van der Waals surface area contributed by atoms with Gasteiger partial charge in [-0.3, -0.25) is 9.36 Å². The SMILES string of the molecule is NS(=O)(=O)c1ccn(C2CN(C(=O)OCc3ccccc3)C2)n1.NS(=O)(=O)c1ccn(C2CNC2)n1. The lowest BCUT2D eigenvalue weighted by Gasteiger charge is -2.38. The van der Waals surface area contributed by atoms with Crippen molar-refractivity contribution >= 4 is 26.1 Å². The molecule has 0 unspecified atom stereocenters. The van der Waals surface area contributed by atoms with E-state index in [1.807, 2.05) is 30.3 Å². The summed E-state index contributed by atoms with van der Waals surface area (Å²) in [7, 11) is -7.46. The molecule has 2 aliphatic rings. The van der Waals surface area contributed by atoms with Gasteiger partial charge in [0.2, 0.25) is 0 Å². The molecule has 3 aromatic rings. The van der Waals surface area contributed by atoms with Gasteiger partial charge in [-0.05, 0) is 17.7 Å². The maximum absolute atomic E-state index is 11.9. The number of benzene rings is 1. The Morgan fingerprint density at radius 3 is 1.86 bits per heavy atom. The first-order chi connectivity index (χ1) is 17.0. The maximum Gasteiger partial charge on any atom is 0.410 e. The third-order valence-electron chi connectivity index (χ3n) is 5.58. The molecule has 1 aromatic carbocycles. The lowest BCUT2D eigenvalue weighted by atomic mass is 10.1. The Hall–Kier alpha value is -3.31. The quantitative estimate of drug-likeness (QED) is 0.367. The van der Waals surface area contributed by atoms with Crippen molar-refractivity contribution in [3.8, 4) is 0 Å². The Morgan fingerprint density at radius 1 is 0.889 bits per heavy atom. The third-order valence-corrected chi connectivity index (χ3v) is 7.19. The number of primary sulfonamides is 2. The van der Waals surface area contributed by atoms with Gasteiger partial charge < -0.3 is 15.0 Å². The van der Waals surface area contributed by atoms with E-state index in [-0.39, 0.29) is 28.7 Å². The number of rotatable bonds is 6. The number of nitrogens with two attached hydrogens (primary N) is 2. The maximum atomic E-state index is 11.9. The summed E-state index contributed by atoms with van der Waals surface area (Å²) in [6.07, 6.45) is 2.77. The second kappa shape index (κ2) is 10.4. The standard InChI is InChI=1S/C14H16N4O4S.C6H10N4O2S/c15-23(20,21)13-6-7-18(16-13)12-8-17(9-12)14(19)22-10-11-4-2-1-3-5-11;7-13(11,12)6-1-2-10(9-6)5-3-8-4-5/h1-7,12H,8-10H2,(H2,15,20,21);1-2,5,8H,3-4H2,(H2,7,11,12). The second-order valence-electron chi connectivity index (χ2n) is 8.27. The molecule has 0 spiro atoms. The van der Waals surface area contributed by atoms with Gasteiger partial charge in [0.25, 0.3) is 20.0 Å². The van der Waals surface area contributed by atoms with E-state index < -0.39 is 26.1 Å². The molecule has 0 atom stereocenters. The molecule has 2 aliphatic heterocycles. The summed E-state index contributed by atoms with van der Waals surface area (Å²) in [5, 5.41) is 20.5. The highest BCUT2D eigenvalue weighted by molar-refractivity contribution is 7.89. The van der Waals surface area contributed by atoms with Crippen molar-refractivity contribution in [2.75, 3.05) is 26.2 Å². The average Bonchev–Trinajstić information content (AvgIpc) is 3.41. The van der Waals surface area contributed by atoms with Crippen LogP contribution in [0.4, 0.5) is 4.79 Å². The van der Waals surface area contributed by atoms with E-state index >= 15 is 0 Å². The van der Waals surface area contributed by atoms with E-state index in [9.17, 15) is 21.6 Å². The lowest BCUT2D eigenvalue weighted by molar-refractivity contribution is 0.0493. The van der Waals surface area contributed by atoms with Gasteiger partial charge in [0, 0.05) is 38.6 Å². The molecule has 194 valence electrons. The number of hydrogen-bond acceptors (Lipinski definition) is 9. The molecule has 2 aromatic heterocycles. The molecule has 2 fully saturated rings. The zero-order chi connectivity index (χ0) is 25.9. The summed E-state index contributed by atoms with van der Waals surface area (Å²) < 4.78 is 52.4. The Balaban J connectivity index is 0.000000197. The molecule has 0 bridgehead atoms. The van der Waals surface area contributed by atoms with Crippen LogP contribution >= 0.6 is 0 Å². The third kappa shape index (κ3) is 6.27. The number of carbonyl (C=O) groups excluding carboxylic acids is 1. The van der Waals surface area contributed by atoms with Gasteiger partial charge in [0.05, 0.1) is 12.1 Å². The molecule has 4 heterocycles. The van der Waals surface area contributed by atoms with Gasteiger partial charge in [-0.2, -0.15) is 10.2 Å². The topological polar surface area (TPSA) is 198 Å². The fourth-order valence-corrected chi connectivity index (χ4v) is 4.31. The van der Waals surface area contributed by atoms with Crippen molar-refractivity contribution < 1.29 is 26.4 Å². The van der Waals surface area contributed by atoms with Crippen molar-refractivity contribution in [3.63, 3.8) is 0 Å². The molecule has 1 amide bonds. The van der Waals surface area contributed by atoms with E-state index in [4.69, 9.17) is 15.0 Å². The Bertz CT molecular complexity index is 1410. The largest absolute Gasteiger partial charge is 0.445 e. The Labute approximate surface area is 207 Å². The molecule has 0 radical (unpaired) electrons. The first kappa shape index (κ1) is 25.8. The lowest BCUT2D eigenvalue weighted by Crippen LogP contribution is -2.51. The fraction of sp³-hybridized carbons (Fsp3) is 0.350. The summed E-state index contributed by atoms with van der Waals surface area (Å²) in [5.41, 5.74) is 0.919. The first-order valence-electron chi connectivity index (χ1n) is 10.8. The van der Waals surface area contributed by atoms with Gasteiger partial charge >= 0.3 is 6.09 Å². The summed E-state index contributed by atoms with van der Waals surface area (Å²) in [6.45, 7) is 2.70. The van der Waals surface area contributed by atoms with Crippen LogP contribution in [0.25, 0.3) is 0 Å². The van der Waals surface area contributed by atoms with E-state index in [1.54, 1.807) is 10.9 Å². The highest BCUT2D eigenvalue weighted by Crippen LogP contribution is 2.22. The molecule has 16 heteroatoms. The number of hydrogen-bond donors (Lipinski definition) is 3. The van der Waals surface area contributed by atoms with E-state index in [0.717, 1.165) is 18.7 Å². The van der Waals surface area contributed by atoms with Crippen LogP contribution in [0.1, 0.15) is 17.6 Å².